The minimum Gasteiger partial charge on any atom is -0.445 e. The van der Waals surface area contributed by atoms with Crippen molar-refractivity contribution < 1.29 is 14.3 Å². The van der Waals surface area contributed by atoms with Gasteiger partial charge in [0.25, 0.3) is 5.91 Å². The number of carbonyl (C=O) groups excluding carboxylic acids is 2. The number of anilines is 1. The number of piperazine rings is 1. The van der Waals surface area contributed by atoms with Crippen LogP contribution < -0.4 is 4.90 Å². The van der Waals surface area contributed by atoms with Gasteiger partial charge in [-0.15, -0.1) is 0 Å². The topological polar surface area (TPSA) is 53.1 Å². The quantitative estimate of drug-likeness (QED) is 0.207. The monoisotopic (exact) mass is 601 g/mol. The molecule has 0 spiro atoms. The highest BCUT2D eigenvalue weighted by molar-refractivity contribution is 5.95. The molecule has 2 aliphatic rings. The molecule has 4 aromatic rings. The van der Waals surface area contributed by atoms with Gasteiger partial charge in [0.2, 0.25) is 0 Å². The van der Waals surface area contributed by atoms with Crippen LogP contribution in [0.4, 0.5) is 10.5 Å². The van der Waals surface area contributed by atoms with Crippen molar-refractivity contribution in [2.24, 2.45) is 5.92 Å². The predicted octanol–water partition coefficient (Wildman–Crippen LogP) is 7.81. The smallest absolute Gasteiger partial charge is 0.409 e. The van der Waals surface area contributed by atoms with E-state index in [2.05, 4.69) is 49.1 Å². The molecule has 0 N–H and O–H groups in total. The molecule has 0 saturated carbocycles. The number of fused-ring (bicyclic) bond motifs is 1. The van der Waals surface area contributed by atoms with Crippen LogP contribution in [0.15, 0.2) is 103 Å². The van der Waals surface area contributed by atoms with Gasteiger partial charge in [0, 0.05) is 51.0 Å². The minimum absolute atomic E-state index is 0.0995. The van der Waals surface area contributed by atoms with Crippen LogP contribution in [0.5, 0.6) is 0 Å². The lowest BCUT2D eigenvalue weighted by atomic mass is 9.87. The van der Waals surface area contributed by atoms with E-state index < -0.39 is 0 Å². The summed E-state index contributed by atoms with van der Waals surface area (Å²) in [5, 5.41) is 0. The van der Waals surface area contributed by atoms with Crippen LogP contribution in [0.1, 0.15) is 59.2 Å². The number of nitrogens with zero attached hydrogens (tertiary/aromatic N) is 3. The normalized spacial score (nSPS) is 19.2. The molecule has 6 rings (SSSR count). The first-order valence-corrected chi connectivity index (χ1v) is 16.1. The number of hydrogen-bond donors (Lipinski definition) is 0. The summed E-state index contributed by atoms with van der Waals surface area (Å²) in [6.45, 7) is 8.64. The van der Waals surface area contributed by atoms with Crippen LogP contribution in [0, 0.1) is 5.92 Å². The maximum Gasteiger partial charge on any atom is 0.409 e. The van der Waals surface area contributed by atoms with Crippen molar-refractivity contribution in [3.63, 3.8) is 0 Å². The Labute approximate surface area is 267 Å². The van der Waals surface area contributed by atoms with Gasteiger partial charge in [0.05, 0.1) is 0 Å². The van der Waals surface area contributed by atoms with Crippen LogP contribution in [0.25, 0.3) is 11.1 Å². The number of carbonyl (C=O) groups is 2. The molecule has 6 nitrogen and oxygen atoms in total. The highest BCUT2D eigenvalue weighted by atomic mass is 16.6. The summed E-state index contributed by atoms with van der Waals surface area (Å²) in [4.78, 5) is 32.0. The summed E-state index contributed by atoms with van der Waals surface area (Å²) >= 11 is 0. The maximum atomic E-state index is 13.3. The fourth-order valence-electron chi connectivity index (χ4n) is 6.86. The predicted molar refractivity (Wildman–Crippen MR) is 181 cm³/mol. The molecule has 1 aliphatic carbocycles. The second kappa shape index (κ2) is 13.6. The Kier molecular flexibility index (Phi) is 9.20. The number of ether oxygens (including phenoxy) is 1. The van der Waals surface area contributed by atoms with E-state index in [1.807, 2.05) is 84.7 Å². The van der Waals surface area contributed by atoms with Gasteiger partial charge in [0.15, 0.2) is 0 Å². The molecular formula is C39H43N3O3. The average Bonchev–Trinajstić information content (AvgIpc) is 3.34. The third-order valence-electron chi connectivity index (χ3n) is 9.85. The molecule has 0 bridgehead atoms. The van der Waals surface area contributed by atoms with E-state index in [0.717, 1.165) is 41.8 Å². The lowest BCUT2D eigenvalue weighted by Gasteiger charge is -2.36. The van der Waals surface area contributed by atoms with Crippen molar-refractivity contribution in [2.45, 2.75) is 38.7 Å². The molecule has 2 amide bonds. The van der Waals surface area contributed by atoms with Gasteiger partial charge in [0.1, 0.15) is 6.61 Å². The van der Waals surface area contributed by atoms with Gasteiger partial charge in [-0.3, -0.25) is 4.79 Å². The van der Waals surface area contributed by atoms with Crippen molar-refractivity contribution in [1.82, 2.24) is 9.80 Å². The molecular weight excluding hydrogens is 558 g/mol. The zero-order valence-electron chi connectivity index (χ0n) is 26.6. The zero-order chi connectivity index (χ0) is 31.3. The highest BCUT2D eigenvalue weighted by Gasteiger charge is 2.36. The Hall–Kier alpha value is -4.58. The Morgan fingerprint density at radius 2 is 1.42 bits per heavy atom. The van der Waals surface area contributed by atoms with Crippen LogP contribution >= 0.6 is 0 Å². The van der Waals surface area contributed by atoms with Gasteiger partial charge in [-0.1, -0.05) is 92.7 Å². The molecule has 4 aromatic carbocycles. The van der Waals surface area contributed by atoms with Crippen LogP contribution in [-0.2, 0) is 11.3 Å². The van der Waals surface area contributed by atoms with Crippen LogP contribution in [-0.4, -0.2) is 61.6 Å². The number of rotatable bonds is 8. The summed E-state index contributed by atoms with van der Waals surface area (Å²) in [7, 11) is 1.82. The van der Waals surface area contributed by atoms with Crippen LogP contribution in [0.3, 0.4) is 0 Å². The lowest BCUT2D eigenvalue weighted by molar-refractivity contribution is 0.0746. The first-order chi connectivity index (χ1) is 21.9. The second-order valence-electron chi connectivity index (χ2n) is 12.5. The van der Waals surface area contributed by atoms with Gasteiger partial charge in [-0.05, 0) is 76.3 Å². The van der Waals surface area contributed by atoms with Gasteiger partial charge in [-0.2, -0.15) is 0 Å². The van der Waals surface area contributed by atoms with Crippen molar-refractivity contribution in [2.75, 3.05) is 44.7 Å². The molecule has 1 fully saturated rings. The largest absolute Gasteiger partial charge is 0.445 e. The third kappa shape index (κ3) is 6.75. The molecule has 6 heteroatoms. The van der Waals surface area contributed by atoms with E-state index in [0.29, 0.717) is 37.4 Å². The number of hydrogen-bond acceptors (Lipinski definition) is 4. The lowest BCUT2D eigenvalue weighted by Crippen LogP contribution is -2.48. The van der Waals surface area contributed by atoms with E-state index in [9.17, 15) is 9.59 Å². The Morgan fingerprint density at radius 1 is 0.778 bits per heavy atom. The van der Waals surface area contributed by atoms with Gasteiger partial charge in [-0.25, -0.2) is 4.79 Å². The summed E-state index contributed by atoms with van der Waals surface area (Å²) in [5.74, 6) is 1.44. The fraction of sp³-hybridized carbons (Fsp3) is 0.333. The fourth-order valence-corrected chi connectivity index (χ4v) is 6.86. The van der Waals surface area contributed by atoms with Crippen molar-refractivity contribution >= 4 is 17.7 Å². The van der Waals surface area contributed by atoms with Crippen molar-refractivity contribution in [3.8, 4) is 11.1 Å². The maximum absolute atomic E-state index is 13.3. The Bertz CT molecular complexity index is 1600. The molecule has 232 valence electrons. The first kappa shape index (κ1) is 30.4. The average molecular weight is 602 g/mol. The third-order valence-corrected chi connectivity index (χ3v) is 9.85. The molecule has 0 radical (unpaired) electrons. The number of amides is 2. The van der Waals surface area contributed by atoms with Gasteiger partial charge < -0.3 is 19.4 Å². The summed E-state index contributed by atoms with van der Waals surface area (Å²) < 4.78 is 5.53. The minimum atomic E-state index is -0.282. The van der Waals surface area contributed by atoms with E-state index >= 15 is 0 Å². The Balaban J connectivity index is 1.03. The van der Waals surface area contributed by atoms with Crippen molar-refractivity contribution in [3.05, 3.63) is 125 Å². The molecule has 2 unspecified atom stereocenters. The molecule has 1 heterocycles. The van der Waals surface area contributed by atoms with Crippen LogP contribution in [0.2, 0.25) is 0 Å². The second-order valence-corrected chi connectivity index (χ2v) is 12.5. The summed E-state index contributed by atoms with van der Waals surface area (Å²) in [6.07, 6.45) is 0.622. The van der Waals surface area contributed by atoms with Crippen molar-refractivity contribution in [1.29, 1.82) is 0 Å². The molecule has 0 aromatic heterocycles. The first-order valence-electron chi connectivity index (χ1n) is 16.1. The van der Waals surface area contributed by atoms with E-state index in [1.165, 1.54) is 16.8 Å². The Morgan fingerprint density at radius 3 is 2.11 bits per heavy atom. The SMILES string of the molecule is CC1c2cc(N3CCN(C(=O)c4ccc(-c5ccccc5)cc4)CC3)ccc2[C@H](CCN(C)C(=O)OCc2ccccc2)C1C. The highest BCUT2D eigenvalue weighted by Crippen LogP contribution is 2.48. The molecule has 1 aliphatic heterocycles. The van der Waals surface area contributed by atoms with E-state index in [-0.39, 0.29) is 18.6 Å². The van der Waals surface area contributed by atoms with E-state index in [4.69, 9.17) is 4.74 Å². The van der Waals surface area contributed by atoms with E-state index in [1.54, 1.807) is 4.90 Å². The standard InChI is InChI=1S/C39H43N3O3/c1-28-29(2)37-26-34(18-19-36(37)35(28)20-21-40(3)39(44)45-27-30-10-6-4-7-11-30)41-22-24-42(25-23-41)38(43)33-16-14-32(15-17-33)31-12-8-5-9-13-31/h4-19,26,28-29,35H,20-25,27H2,1-3H3/t28?,29?,35-/m1/s1. The number of benzene rings is 4. The summed E-state index contributed by atoms with van der Waals surface area (Å²) in [5.41, 5.74) is 8.05. The van der Waals surface area contributed by atoms with Gasteiger partial charge >= 0.3 is 6.09 Å². The molecule has 3 atom stereocenters. The zero-order valence-corrected chi connectivity index (χ0v) is 26.6. The molecule has 1 saturated heterocycles. The summed E-state index contributed by atoms with van der Waals surface area (Å²) in [6, 6.07) is 34.9. The molecule has 45 heavy (non-hydrogen) atoms.